The zero-order chi connectivity index (χ0) is 21.8. The second-order valence-corrected chi connectivity index (χ2v) is 8.12. The molecule has 0 aliphatic rings. The summed E-state index contributed by atoms with van der Waals surface area (Å²) in [5.41, 5.74) is 5.75. The molecule has 160 valence electrons. The largest absolute Gasteiger partial charge is 0.361 e. The van der Waals surface area contributed by atoms with Crippen LogP contribution < -0.4 is 0 Å². The fourth-order valence-electron chi connectivity index (χ4n) is 4.38. The van der Waals surface area contributed by atoms with E-state index in [0.717, 1.165) is 42.5 Å². The van der Waals surface area contributed by atoms with E-state index in [0.29, 0.717) is 5.92 Å². The fourth-order valence-corrected chi connectivity index (χ4v) is 4.38. The first kappa shape index (κ1) is 20.1. The number of hydrogen-bond acceptors (Lipinski definition) is 3. The molecule has 0 fully saturated rings. The van der Waals surface area contributed by atoms with Crippen LogP contribution >= 0.6 is 0 Å². The minimum Gasteiger partial charge on any atom is -0.361 e. The number of rotatable bonds is 8. The van der Waals surface area contributed by atoms with Gasteiger partial charge in [0.1, 0.15) is 18.5 Å². The van der Waals surface area contributed by atoms with Crippen molar-refractivity contribution >= 4 is 10.9 Å². The van der Waals surface area contributed by atoms with Crippen molar-refractivity contribution < 1.29 is 4.39 Å². The molecule has 5 aromatic rings. The summed E-state index contributed by atoms with van der Waals surface area (Å²) in [6.45, 7) is 0. The Kier molecular flexibility index (Phi) is 5.75. The van der Waals surface area contributed by atoms with Gasteiger partial charge in [0.15, 0.2) is 0 Å². The quantitative estimate of drug-likeness (QED) is 0.350. The highest BCUT2D eigenvalue weighted by molar-refractivity contribution is 5.85. The van der Waals surface area contributed by atoms with E-state index in [9.17, 15) is 4.39 Å². The average molecular weight is 426 g/mol. The number of benzene rings is 2. The van der Waals surface area contributed by atoms with Crippen LogP contribution in [0.4, 0.5) is 4.39 Å². The monoisotopic (exact) mass is 425 g/mol. The van der Waals surface area contributed by atoms with Crippen LogP contribution in [-0.2, 0) is 12.8 Å². The number of aromatic nitrogens is 5. The molecule has 0 amide bonds. The number of aromatic amines is 1. The Hall–Kier alpha value is -3.80. The molecule has 0 radical (unpaired) electrons. The molecule has 0 aliphatic carbocycles. The molecule has 5 rings (SSSR count). The number of aryl methyl sites for hydroxylation is 1. The molecule has 6 heteroatoms. The van der Waals surface area contributed by atoms with Gasteiger partial charge in [0.25, 0.3) is 0 Å². The molecule has 32 heavy (non-hydrogen) atoms. The van der Waals surface area contributed by atoms with Gasteiger partial charge in [-0.2, -0.15) is 0 Å². The summed E-state index contributed by atoms with van der Waals surface area (Å²) < 4.78 is 15.6. The Morgan fingerprint density at radius 1 is 0.969 bits per heavy atom. The highest BCUT2D eigenvalue weighted by atomic mass is 19.1. The maximum Gasteiger partial charge on any atom is 0.123 e. The molecule has 5 nitrogen and oxygen atoms in total. The molecule has 1 unspecified atom stereocenters. The van der Waals surface area contributed by atoms with Gasteiger partial charge in [0, 0.05) is 35.2 Å². The number of hydrogen-bond donors (Lipinski definition) is 1. The third-order valence-corrected chi connectivity index (χ3v) is 6.02. The van der Waals surface area contributed by atoms with Gasteiger partial charge in [-0.1, -0.05) is 12.1 Å². The van der Waals surface area contributed by atoms with Crippen LogP contribution in [-0.4, -0.2) is 24.7 Å². The van der Waals surface area contributed by atoms with Gasteiger partial charge in [-0.15, -0.1) is 10.2 Å². The zero-order valence-corrected chi connectivity index (χ0v) is 17.7. The maximum atomic E-state index is 13.7. The number of fused-ring (bicyclic) bond motifs is 1. The van der Waals surface area contributed by atoms with E-state index in [1.54, 1.807) is 24.8 Å². The minimum absolute atomic E-state index is 0.182. The lowest BCUT2D eigenvalue weighted by Crippen LogP contribution is -2.04. The second kappa shape index (κ2) is 9.14. The normalized spacial score (nSPS) is 12.3. The average Bonchev–Trinajstić information content (AvgIpc) is 3.49. The Bertz CT molecular complexity index is 1290. The van der Waals surface area contributed by atoms with Crippen molar-refractivity contribution in [2.75, 3.05) is 0 Å². The minimum atomic E-state index is -0.182. The van der Waals surface area contributed by atoms with E-state index < -0.39 is 0 Å². The van der Waals surface area contributed by atoms with Crippen molar-refractivity contribution in [3.8, 4) is 5.69 Å². The van der Waals surface area contributed by atoms with Crippen molar-refractivity contribution in [2.24, 2.45) is 0 Å². The summed E-state index contributed by atoms with van der Waals surface area (Å²) in [6.07, 6.45) is 13.0. The van der Waals surface area contributed by atoms with Crippen LogP contribution in [0, 0.1) is 5.82 Å². The highest BCUT2D eigenvalue weighted by Gasteiger charge is 2.14. The Morgan fingerprint density at radius 3 is 2.62 bits per heavy atom. The van der Waals surface area contributed by atoms with Gasteiger partial charge in [-0.25, -0.2) is 4.39 Å². The molecule has 1 N–H and O–H groups in total. The molecule has 0 saturated carbocycles. The van der Waals surface area contributed by atoms with Crippen molar-refractivity contribution in [3.05, 3.63) is 108 Å². The molecule has 1 atom stereocenters. The molecule has 0 aliphatic heterocycles. The summed E-state index contributed by atoms with van der Waals surface area (Å²) in [5.74, 6) is 0.135. The third kappa shape index (κ3) is 4.44. The SMILES string of the molecule is Fc1cccc(CC(CCCc2c[nH]c3ccc(-n4cnnc4)cc23)c2ccncc2)c1. The van der Waals surface area contributed by atoms with E-state index in [-0.39, 0.29) is 5.82 Å². The predicted molar refractivity (Wildman–Crippen MR) is 123 cm³/mol. The lowest BCUT2D eigenvalue weighted by molar-refractivity contribution is 0.582. The Morgan fingerprint density at radius 2 is 1.81 bits per heavy atom. The summed E-state index contributed by atoms with van der Waals surface area (Å²) >= 11 is 0. The van der Waals surface area contributed by atoms with Gasteiger partial charge in [0.05, 0.1) is 0 Å². The first-order chi connectivity index (χ1) is 15.8. The molecule has 3 heterocycles. The van der Waals surface area contributed by atoms with E-state index >= 15 is 0 Å². The van der Waals surface area contributed by atoms with Crippen molar-refractivity contribution in [1.29, 1.82) is 0 Å². The maximum absolute atomic E-state index is 13.7. The Labute approximate surface area is 186 Å². The lowest BCUT2D eigenvalue weighted by atomic mass is 9.87. The van der Waals surface area contributed by atoms with Crippen molar-refractivity contribution in [1.82, 2.24) is 24.7 Å². The predicted octanol–water partition coefficient (Wildman–Crippen LogP) is 5.63. The van der Waals surface area contributed by atoms with Crippen molar-refractivity contribution in [2.45, 2.75) is 31.6 Å². The molecular weight excluding hydrogens is 401 g/mol. The van der Waals surface area contributed by atoms with Crippen LogP contribution in [0.25, 0.3) is 16.6 Å². The van der Waals surface area contributed by atoms with E-state index in [4.69, 9.17) is 0 Å². The van der Waals surface area contributed by atoms with Gasteiger partial charge in [-0.3, -0.25) is 9.55 Å². The lowest BCUT2D eigenvalue weighted by Gasteiger charge is -2.17. The standard InChI is InChI=1S/C26H24FN5/c27-23-6-1-3-19(14-23)13-21(20-9-11-28-12-10-20)4-2-5-22-16-29-26-8-7-24(15-25(22)26)32-17-30-31-18-32/h1,3,6-12,14-18,21,29H,2,4-5,13H2. The van der Waals surface area contributed by atoms with E-state index in [2.05, 4.69) is 56.7 Å². The third-order valence-electron chi connectivity index (χ3n) is 6.02. The first-order valence-electron chi connectivity index (χ1n) is 10.9. The summed E-state index contributed by atoms with van der Waals surface area (Å²) in [4.78, 5) is 7.54. The summed E-state index contributed by atoms with van der Waals surface area (Å²) in [6, 6.07) is 17.4. The summed E-state index contributed by atoms with van der Waals surface area (Å²) in [7, 11) is 0. The Balaban J connectivity index is 1.32. The molecule has 2 aromatic carbocycles. The fraction of sp³-hybridized carbons (Fsp3) is 0.192. The van der Waals surface area contributed by atoms with Crippen molar-refractivity contribution in [3.63, 3.8) is 0 Å². The zero-order valence-electron chi connectivity index (χ0n) is 17.7. The van der Waals surface area contributed by atoms with E-state index in [1.807, 2.05) is 23.0 Å². The van der Waals surface area contributed by atoms with Crippen LogP contribution in [0.5, 0.6) is 0 Å². The van der Waals surface area contributed by atoms with Crippen LogP contribution in [0.1, 0.15) is 35.4 Å². The highest BCUT2D eigenvalue weighted by Crippen LogP contribution is 2.28. The number of nitrogens with one attached hydrogen (secondary N) is 1. The summed E-state index contributed by atoms with van der Waals surface area (Å²) in [5, 5.41) is 9.03. The topological polar surface area (TPSA) is 59.4 Å². The molecular formula is C26H24FN5. The number of pyridine rings is 1. The molecule has 0 saturated heterocycles. The molecule has 0 bridgehead atoms. The number of halogens is 1. The van der Waals surface area contributed by atoms with Gasteiger partial charge in [-0.05, 0) is 90.8 Å². The number of nitrogens with zero attached hydrogens (tertiary/aromatic N) is 4. The molecule has 3 aromatic heterocycles. The van der Waals surface area contributed by atoms with Crippen LogP contribution in [0.2, 0.25) is 0 Å². The second-order valence-electron chi connectivity index (χ2n) is 8.12. The van der Waals surface area contributed by atoms with E-state index in [1.165, 1.54) is 22.6 Å². The molecule has 0 spiro atoms. The number of H-pyrrole nitrogens is 1. The van der Waals surface area contributed by atoms with Gasteiger partial charge in [0.2, 0.25) is 0 Å². The van der Waals surface area contributed by atoms with Crippen LogP contribution in [0.3, 0.4) is 0 Å². The van der Waals surface area contributed by atoms with Crippen LogP contribution in [0.15, 0.2) is 85.8 Å². The van der Waals surface area contributed by atoms with Gasteiger partial charge >= 0.3 is 0 Å². The smallest absolute Gasteiger partial charge is 0.123 e. The first-order valence-corrected chi connectivity index (χ1v) is 10.9. The van der Waals surface area contributed by atoms with Gasteiger partial charge < -0.3 is 4.98 Å².